The monoisotopic (exact) mass is 200 g/mol. The molecule has 1 aromatic rings. The van der Waals surface area contributed by atoms with Gasteiger partial charge < -0.3 is 0 Å². The molecular weight excluding hydrogens is 188 g/mol. The molecule has 0 saturated carbocycles. The van der Waals surface area contributed by atoms with E-state index in [0.29, 0.717) is 0 Å². The van der Waals surface area contributed by atoms with Crippen molar-refractivity contribution in [2.45, 2.75) is 19.3 Å². The summed E-state index contributed by atoms with van der Waals surface area (Å²) in [6.45, 7) is 0. The predicted molar refractivity (Wildman–Crippen MR) is 63.4 cm³/mol. The van der Waals surface area contributed by atoms with E-state index >= 15 is 0 Å². The summed E-state index contributed by atoms with van der Waals surface area (Å²) in [5.41, 5.74) is 5.79. The first-order valence-electron chi connectivity index (χ1n) is 5.06. The van der Waals surface area contributed by atoms with Crippen LogP contribution in [0.15, 0.2) is 40.8 Å². The van der Waals surface area contributed by atoms with Crippen LogP contribution in [0.2, 0.25) is 0 Å². The molecule has 0 aromatic heterocycles. The van der Waals surface area contributed by atoms with Gasteiger partial charge in [-0.05, 0) is 46.4 Å². The summed E-state index contributed by atoms with van der Waals surface area (Å²) in [5, 5.41) is 0. The van der Waals surface area contributed by atoms with Crippen molar-refractivity contribution in [3.63, 3.8) is 0 Å². The highest BCUT2D eigenvalue weighted by Gasteiger charge is 2.24. The molecule has 0 fully saturated rings. The van der Waals surface area contributed by atoms with Crippen LogP contribution >= 0.6 is 12.6 Å². The average Bonchev–Trinajstić information content (AvgIpc) is 2.59. The molecule has 1 aromatic carbocycles. The zero-order valence-electron chi connectivity index (χ0n) is 7.96. The summed E-state index contributed by atoms with van der Waals surface area (Å²) < 4.78 is 0. The van der Waals surface area contributed by atoms with Crippen LogP contribution in [0.3, 0.4) is 0 Å². The summed E-state index contributed by atoms with van der Waals surface area (Å²) in [4.78, 5) is 1.29. The fourth-order valence-corrected chi connectivity index (χ4v) is 2.71. The second-order valence-corrected chi connectivity index (χ2v) is 4.46. The van der Waals surface area contributed by atoms with Crippen molar-refractivity contribution in [2.75, 3.05) is 0 Å². The van der Waals surface area contributed by atoms with Gasteiger partial charge in [0.1, 0.15) is 0 Å². The third-order valence-corrected chi connectivity index (χ3v) is 3.57. The molecule has 0 atom stereocenters. The zero-order chi connectivity index (χ0) is 9.54. The number of hydrogen-bond acceptors (Lipinski definition) is 1. The Morgan fingerprint density at radius 3 is 2.93 bits per heavy atom. The smallest absolute Gasteiger partial charge is 0.000580 e. The quantitative estimate of drug-likeness (QED) is 0.608. The molecule has 0 spiro atoms. The molecule has 14 heavy (non-hydrogen) atoms. The Bertz CT molecular complexity index is 452. The number of fused-ring (bicyclic) bond motifs is 3. The van der Waals surface area contributed by atoms with E-state index in [1.807, 2.05) is 0 Å². The third kappa shape index (κ3) is 1.09. The first-order chi connectivity index (χ1) is 6.86. The molecule has 70 valence electrons. The van der Waals surface area contributed by atoms with Crippen LogP contribution in [0.5, 0.6) is 0 Å². The van der Waals surface area contributed by atoms with Crippen LogP contribution in [0, 0.1) is 0 Å². The number of hydrogen-bond donors (Lipinski definition) is 1. The second kappa shape index (κ2) is 3.03. The van der Waals surface area contributed by atoms with Crippen molar-refractivity contribution >= 4 is 18.2 Å². The SMILES string of the molecule is SC1=C2Cc3ccccc3C2=CCC1. The van der Waals surface area contributed by atoms with Gasteiger partial charge in [0.25, 0.3) is 0 Å². The van der Waals surface area contributed by atoms with E-state index in [0.717, 1.165) is 19.3 Å². The standard InChI is InChI=1S/C13H12S/c14-13-7-3-6-11-10-5-2-1-4-9(10)8-12(11)13/h1-2,4-6,14H,3,7-8H2. The summed E-state index contributed by atoms with van der Waals surface area (Å²) in [6, 6.07) is 8.69. The largest absolute Gasteiger partial charge is 0.148 e. The Kier molecular flexibility index (Phi) is 1.81. The highest BCUT2D eigenvalue weighted by Crippen LogP contribution is 2.42. The average molecular weight is 200 g/mol. The number of allylic oxidation sites excluding steroid dienone is 4. The van der Waals surface area contributed by atoms with Gasteiger partial charge in [-0.3, -0.25) is 0 Å². The minimum Gasteiger partial charge on any atom is -0.148 e. The Labute approximate surface area is 89.8 Å². The lowest BCUT2D eigenvalue weighted by atomic mass is 9.98. The maximum absolute atomic E-state index is 4.58. The first-order valence-corrected chi connectivity index (χ1v) is 5.51. The summed E-state index contributed by atoms with van der Waals surface area (Å²) >= 11 is 4.58. The molecule has 2 aliphatic carbocycles. The highest BCUT2D eigenvalue weighted by molar-refractivity contribution is 7.84. The van der Waals surface area contributed by atoms with Crippen molar-refractivity contribution in [3.8, 4) is 0 Å². The molecule has 0 heterocycles. The van der Waals surface area contributed by atoms with Gasteiger partial charge in [-0.15, -0.1) is 12.6 Å². The lowest BCUT2D eigenvalue weighted by molar-refractivity contribution is 1.00. The molecule has 0 aliphatic heterocycles. The molecule has 0 unspecified atom stereocenters. The molecule has 0 N–H and O–H groups in total. The predicted octanol–water partition coefficient (Wildman–Crippen LogP) is 3.60. The van der Waals surface area contributed by atoms with Crippen molar-refractivity contribution in [2.24, 2.45) is 0 Å². The van der Waals surface area contributed by atoms with Gasteiger partial charge in [0.05, 0.1) is 0 Å². The van der Waals surface area contributed by atoms with Gasteiger partial charge >= 0.3 is 0 Å². The minimum absolute atomic E-state index is 1.08. The van der Waals surface area contributed by atoms with Gasteiger partial charge in [-0.25, -0.2) is 0 Å². The lowest BCUT2D eigenvalue weighted by Gasteiger charge is -2.12. The topological polar surface area (TPSA) is 0 Å². The molecule has 2 aliphatic rings. The van der Waals surface area contributed by atoms with Gasteiger partial charge in [0, 0.05) is 0 Å². The molecule has 0 bridgehead atoms. The van der Waals surface area contributed by atoms with Crippen molar-refractivity contribution < 1.29 is 0 Å². The molecule has 1 heteroatoms. The second-order valence-electron chi connectivity index (χ2n) is 3.92. The van der Waals surface area contributed by atoms with Gasteiger partial charge in [-0.2, -0.15) is 0 Å². The van der Waals surface area contributed by atoms with E-state index in [4.69, 9.17) is 0 Å². The normalized spacial score (nSPS) is 19.1. The molecule has 0 amide bonds. The van der Waals surface area contributed by atoms with E-state index in [9.17, 15) is 0 Å². The lowest BCUT2D eigenvalue weighted by Crippen LogP contribution is -1.92. The highest BCUT2D eigenvalue weighted by atomic mass is 32.1. The molecular formula is C13H12S. The van der Waals surface area contributed by atoms with Crippen LogP contribution in [-0.4, -0.2) is 0 Å². The molecule has 0 saturated heterocycles. The van der Waals surface area contributed by atoms with Crippen LogP contribution in [0.25, 0.3) is 5.57 Å². The van der Waals surface area contributed by atoms with Crippen LogP contribution < -0.4 is 0 Å². The third-order valence-electron chi connectivity index (χ3n) is 3.08. The van der Waals surface area contributed by atoms with E-state index < -0.39 is 0 Å². The Balaban J connectivity index is 2.23. The first kappa shape index (κ1) is 8.37. The van der Waals surface area contributed by atoms with E-state index in [-0.39, 0.29) is 0 Å². The minimum atomic E-state index is 1.08. The molecule has 0 radical (unpaired) electrons. The number of thiol groups is 1. The van der Waals surface area contributed by atoms with Gasteiger partial charge in [0.15, 0.2) is 0 Å². The Morgan fingerprint density at radius 2 is 2.00 bits per heavy atom. The fourth-order valence-electron chi connectivity index (χ4n) is 2.38. The van der Waals surface area contributed by atoms with Crippen LogP contribution in [0.1, 0.15) is 24.0 Å². The van der Waals surface area contributed by atoms with Gasteiger partial charge in [0.2, 0.25) is 0 Å². The maximum atomic E-state index is 4.58. The fraction of sp³-hybridized carbons (Fsp3) is 0.231. The van der Waals surface area contributed by atoms with Crippen LogP contribution in [0.4, 0.5) is 0 Å². The summed E-state index contributed by atoms with van der Waals surface area (Å²) in [5.74, 6) is 0. The van der Waals surface area contributed by atoms with Crippen LogP contribution in [-0.2, 0) is 6.42 Å². The Morgan fingerprint density at radius 1 is 1.14 bits per heavy atom. The van der Waals surface area contributed by atoms with E-state index in [1.165, 1.54) is 27.2 Å². The summed E-state index contributed by atoms with van der Waals surface area (Å²) in [6.07, 6.45) is 5.71. The van der Waals surface area contributed by atoms with Crippen molar-refractivity contribution in [3.05, 3.63) is 51.9 Å². The Hall–Kier alpha value is -0.950. The van der Waals surface area contributed by atoms with Crippen molar-refractivity contribution in [1.82, 2.24) is 0 Å². The number of benzene rings is 1. The van der Waals surface area contributed by atoms with E-state index in [1.54, 1.807) is 0 Å². The van der Waals surface area contributed by atoms with Crippen molar-refractivity contribution in [1.29, 1.82) is 0 Å². The molecule has 3 rings (SSSR count). The summed E-state index contributed by atoms with van der Waals surface area (Å²) in [7, 11) is 0. The maximum Gasteiger partial charge on any atom is -0.000580 e. The molecule has 0 nitrogen and oxygen atoms in total. The van der Waals surface area contributed by atoms with E-state index in [2.05, 4.69) is 43.0 Å². The number of rotatable bonds is 0. The zero-order valence-corrected chi connectivity index (χ0v) is 8.85. The van der Waals surface area contributed by atoms with Gasteiger partial charge in [-0.1, -0.05) is 30.3 Å².